The number of benzene rings is 1. The number of carbonyl (C=O) groups excluding carboxylic acids is 1. The van der Waals surface area contributed by atoms with E-state index in [1.54, 1.807) is 12.1 Å². The predicted molar refractivity (Wildman–Crippen MR) is 66.5 cm³/mol. The molecule has 0 amide bonds. The van der Waals surface area contributed by atoms with Crippen molar-refractivity contribution in [3.63, 3.8) is 0 Å². The van der Waals surface area contributed by atoms with Gasteiger partial charge in [-0.3, -0.25) is 4.79 Å². The van der Waals surface area contributed by atoms with Gasteiger partial charge in [0.25, 0.3) is 0 Å². The van der Waals surface area contributed by atoms with Crippen LogP contribution in [0.5, 0.6) is 0 Å². The van der Waals surface area contributed by atoms with Crippen molar-refractivity contribution < 1.29 is 13.6 Å². The quantitative estimate of drug-likeness (QED) is 0.691. The number of allylic oxidation sites excluding steroid dienone is 2. The van der Waals surface area contributed by atoms with E-state index in [2.05, 4.69) is 9.97 Å². The molecule has 0 saturated carbocycles. The minimum Gasteiger partial charge on any atom is -0.292 e. The summed E-state index contributed by atoms with van der Waals surface area (Å²) in [5.74, 6) is -2.60. The summed E-state index contributed by atoms with van der Waals surface area (Å²) in [5.41, 5.74) is 0.0633. The minimum atomic E-state index is -1.09. The van der Waals surface area contributed by atoms with Crippen LogP contribution in [0, 0.1) is 34.3 Å². The topological polar surface area (TPSA) is 90.4 Å². The van der Waals surface area contributed by atoms with Gasteiger partial charge in [0.05, 0.1) is 16.7 Å². The van der Waals surface area contributed by atoms with E-state index in [4.69, 9.17) is 10.5 Å². The largest absolute Gasteiger partial charge is 0.292 e. The van der Waals surface area contributed by atoms with Crippen LogP contribution < -0.4 is 0 Å². The highest BCUT2D eigenvalue weighted by atomic mass is 19.2. The lowest BCUT2D eigenvalue weighted by molar-refractivity contribution is 0.1000. The molecule has 1 aliphatic rings. The molecule has 0 unspecified atom stereocenters. The number of Topliss-reactive ketones (excluding diaryl/α,β-unsaturated/α-hetero) is 1. The summed E-state index contributed by atoms with van der Waals surface area (Å²) >= 11 is 0. The third-order valence-electron chi connectivity index (χ3n) is 3.12. The van der Waals surface area contributed by atoms with Crippen molar-refractivity contribution in [2.75, 3.05) is 0 Å². The Labute approximate surface area is 116 Å². The fourth-order valence-corrected chi connectivity index (χ4v) is 2.15. The smallest absolute Gasteiger partial charge is 0.187 e. The van der Waals surface area contributed by atoms with Gasteiger partial charge >= 0.3 is 0 Å². The molecular formula is C14H4F2N4O. The number of ketones is 1. The molecule has 0 atom stereocenters. The molecule has 3 rings (SSSR count). The first-order valence-corrected chi connectivity index (χ1v) is 5.79. The van der Waals surface area contributed by atoms with E-state index in [0.717, 1.165) is 12.1 Å². The van der Waals surface area contributed by atoms with Crippen LogP contribution in [0.15, 0.2) is 17.7 Å². The fraction of sp³-hybridized carbons (Fsp3) is 0.0714. The van der Waals surface area contributed by atoms with Crippen LogP contribution in [0.2, 0.25) is 0 Å². The summed E-state index contributed by atoms with van der Waals surface area (Å²) in [4.78, 5) is 19.9. The van der Waals surface area contributed by atoms with E-state index in [1.807, 2.05) is 0 Å². The van der Waals surface area contributed by atoms with Crippen LogP contribution >= 0.6 is 0 Å². The Bertz CT molecular complexity index is 919. The molecule has 0 saturated heterocycles. The van der Waals surface area contributed by atoms with Gasteiger partial charge in [-0.2, -0.15) is 10.5 Å². The Hall–Kier alpha value is -3.19. The summed E-state index contributed by atoms with van der Waals surface area (Å²) < 4.78 is 26.4. The Morgan fingerprint density at radius 1 is 1.05 bits per heavy atom. The fourth-order valence-electron chi connectivity index (χ4n) is 2.15. The number of fused-ring (bicyclic) bond motifs is 2. The highest BCUT2D eigenvalue weighted by Gasteiger charge is 2.31. The molecule has 2 aromatic rings. The minimum absolute atomic E-state index is 0.0356. The van der Waals surface area contributed by atoms with Gasteiger partial charge in [-0.25, -0.2) is 18.7 Å². The van der Waals surface area contributed by atoms with Crippen LogP contribution in [0.3, 0.4) is 0 Å². The first-order valence-electron chi connectivity index (χ1n) is 5.79. The number of aromatic nitrogens is 2. The molecule has 1 aliphatic carbocycles. The zero-order valence-corrected chi connectivity index (χ0v) is 10.3. The molecule has 21 heavy (non-hydrogen) atoms. The number of rotatable bonds is 0. The first-order chi connectivity index (χ1) is 10.0. The molecule has 0 spiro atoms. The zero-order chi connectivity index (χ0) is 15.1. The van der Waals surface area contributed by atoms with Crippen LogP contribution in [0.1, 0.15) is 22.6 Å². The third-order valence-corrected chi connectivity index (χ3v) is 3.12. The van der Waals surface area contributed by atoms with Gasteiger partial charge in [-0.15, -0.1) is 0 Å². The normalized spacial score (nSPS) is 13.0. The molecule has 1 heterocycles. The molecule has 1 aromatic carbocycles. The number of hydrogen-bond donors (Lipinski definition) is 0. The Morgan fingerprint density at radius 3 is 2.10 bits per heavy atom. The van der Waals surface area contributed by atoms with Crippen molar-refractivity contribution >= 4 is 22.4 Å². The lowest BCUT2D eigenvalue weighted by Gasteiger charge is -2.03. The molecule has 0 bridgehead atoms. The Kier molecular flexibility index (Phi) is 2.70. The molecule has 100 valence electrons. The van der Waals surface area contributed by atoms with E-state index in [9.17, 15) is 13.6 Å². The van der Waals surface area contributed by atoms with Crippen molar-refractivity contribution in [2.45, 2.75) is 6.42 Å². The SMILES string of the molecule is N#CC(C#N)=C1CC(=O)c2nc3cc(F)c(F)cc3nc21. The van der Waals surface area contributed by atoms with E-state index < -0.39 is 17.4 Å². The second-order valence-corrected chi connectivity index (χ2v) is 4.35. The first kappa shape index (κ1) is 12.8. The van der Waals surface area contributed by atoms with Crippen LogP contribution in [-0.2, 0) is 0 Å². The Balaban J connectivity index is 2.37. The zero-order valence-electron chi connectivity index (χ0n) is 10.3. The van der Waals surface area contributed by atoms with E-state index in [1.165, 1.54) is 0 Å². The average molecular weight is 282 g/mol. The molecule has 0 fully saturated rings. The molecule has 7 heteroatoms. The van der Waals surface area contributed by atoms with Crippen molar-refractivity contribution in [1.82, 2.24) is 9.97 Å². The van der Waals surface area contributed by atoms with Gasteiger partial charge in [0.2, 0.25) is 0 Å². The monoisotopic (exact) mass is 282 g/mol. The summed E-state index contributed by atoms with van der Waals surface area (Å²) in [6.45, 7) is 0. The molecule has 1 aromatic heterocycles. The van der Waals surface area contributed by atoms with Crippen molar-refractivity contribution in [3.05, 3.63) is 40.7 Å². The molecule has 0 aliphatic heterocycles. The van der Waals surface area contributed by atoms with Gasteiger partial charge in [0, 0.05) is 24.1 Å². The van der Waals surface area contributed by atoms with Crippen molar-refractivity contribution in [1.29, 1.82) is 10.5 Å². The maximum Gasteiger partial charge on any atom is 0.187 e. The van der Waals surface area contributed by atoms with E-state index in [-0.39, 0.29) is 40.0 Å². The van der Waals surface area contributed by atoms with Gasteiger partial charge in [-0.05, 0) is 0 Å². The summed E-state index contributed by atoms with van der Waals surface area (Å²) in [7, 11) is 0. The van der Waals surface area contributed by atoms with Crippen LogP contribution in [-0.4, -0.2) is 15.8 Å². The van der Waals surface area contributed by atoms with Gasteiger partial charge < -0.3 is 0 Å². The second kappa shape index (κ2) is 4.43. The van der Waals surface area contributed by atoms with E-state index in [0.29, 0.717) is 0 Å². The van der Waals surface area contributed by atoms with Gasteiger partial charge in [0.15, 0.2) is 17.4 Å². The summed E-state index contributed by atoms with van der Waals surface area (Å²) in [5, 5.41) is 17.8. The number of halogens is 2. The highest BCUT2D eigenvalue weighted by molar-refractivity contribution is 6.11. The standard InChI is InChI=1S/C14H4F2N4O/c15-8-2-10-11(3-9(8)16)20-14-12(21)1-7(13(14)19-10)6(4-17)5-18/h2-3H,1H2. The molecule has 5 nitrogen and oxygen atoms in total. The number of nitrogens with zero attached hydrogens (tertiary/aromatic N) is 4. The van der Waals surface area contributed by atoms with Gasteiger partial charge in [-0.1, -0.05) is 0 Å². The van der Waals surface area contributed by atoms with Gasteiger partial charge in [0.1, 0.15) is 23.4 Å². The number of carbonyl (C=O) groups is 1. The molecular weight excluding hydrogens is 278 g/mol. The maximum atomic E-state index is 13.2. The number of nitriles is 2. The predicted octanol–water partition coefficient (Wildman–Crippen LogP) is 2.30. The van der Waals surface area contributed by atoms with Crippen molar-refractivity contribution in [3.8, 4) is 12.1 Å². The Morgan fingerprint density at radius 2 is 1.57 bits per heavy atom. The maximum absolute atomic E-state index is 13.2. The number of hydrogen-bond acceptors (Lipinski definition) is 5. The summed E-state index contributed by atoms with van der Waals surface area (Å²) in [6.07, 6.45) is -0.174. The summed E-state index contributed by atoms with van der Waals surface area (Å²) in [6, 6.07) is 5.08. The highest BCUT2D eigenvalue weighted by Crippen LogP contribution is 2.33. The van der Waals surface area contributed by atoms with Crippen LogP contribution in [0.25, 0.3) is 16.6 Å². The van der Waals surface area contributed by atoms with E-state index >= 15 is 0 Å². The van der Waals surface area contributed by atoms with Crippen LogP contribution in [0.4, 0.5) is 8.78 Å². The molecule has 0 N–H and O–H groups in total. The third kappa shape index (κ3) is 1.84. The average Bonchev–Trinajstić information content (AvgIpc) is 2.77. The molecule has 0 radical (unpaired) electrons. The lowest BCUT2D eigenvalue weighted by Crippen LogP contribution is -2.00. The van der Waals surface area contributed by atoms with Crippen molar-refractivity contribution in [2.24, 2.45) is 0 Å². The lowest BCUT2D eigenvalue weighted by atomic mass is 10.1. The second-order valence-electron chi connectivity index (χ2n) is 4.35.